The summed E-state index contributed by atoms with van der Waals surface area (Å²) in [6.45, 7) is 1.41. The van der Waals surface area contributed by atoms with Crippen LogP contribution in [0.4, 0.5) is 5.69 Å². The second-order valence-electron chi connectivity index (χ2n) is 3.60. The Hall–Kier alpha value is -1.07. The number of carboxylic acid groups (broad SMARTS) is 1. The molecule has 4 nitrogen and oxygen atoms in total. The monoisotopic (exact) mass is 285 g/mol. The molecule has 0 radical (unpaired) electrons. The number of rotatable bonds is 2. The van der Waals surface area contributed by atoms with Crippen LogP contribution in [0.5, 0.6) is 0 Å². The van der Waals surface area contributed by atoms with Gasteiger partial charge >= 0.3 is 5.97 Å². The van der Waals surface area contributed by atoms with Crippen LogP contribution in [0.15, 0.2) is 28.7 Å². The van der Waals surface area contributed by atoms with Crippen molar-refractivity contribution in [3.8, 4) is 0 Å². The fraction of sp³-hybridized carbons (Fsp3) is 0.364. The Morgan fingerprint density at radius 1 is 1.56 bits per heavy atom. The molecule has 5 heteroatoms. The maximum atomic E-state index is 11.1. The molecule has 1 aliphatic rings. The van der Waals surface area contributed by atoms with E-state index >= 15 is 0 Å². The highest BCUT2D eigenvalue weighted by Gasteiger charge is 2.29. The van der Waals surface area contributed by atoms with Crippen molar-refractivity contribution >= 4 is 27.6 Å². The number of hydrogen-bond acceptors (Lipinski definition) is 3. The maximum Gasteiger partial charge on any atom is 0.328 e. The molecule has 1 heterocycles. The van der Waals surface area contributed by atoms with Crippen LogP contribution < -0.4 is 4.90 Å². The molecule has 86 valence electrons. The third-order valence-corrected chi connectivity index (χ3v) is 3.05. The molecule has 2 rings (SSSR count). The van der Waals surface area contributed by atoms with Gasteiger partial charge in [-0.2, -0.15) is 0 Å². The Morgan fingerprint density at radius 3 is 3.06 bits per heavy atom. The SMILES string of the molecule is O=C(O)C1COCCN1c1cccc(Br)c1. The van der Waals surface area contributed by atoms with Gasteiger partial charge in [0.2, 0.25) is 0 Å². The first-order valence-electron chi connectivity index (χ1n) is 5.01. The van der Waals surface area contributed by atoms with Crippen LogP contribution in [-0.2, 0) is 9.53 Å². The molecule has 0 bridgehead atoms. The van der Waals surface area contributed by atoms with Gasteiger partial charge in [-0.05, 0) is 18.2 Å². The van der Waals surface area contributed by atoms with Crippen molar-refractivity contribution in [1.82, 2.24) is 0 Å². The molecular formula is C11H12BrNO3. The number of nitrogens with zero attached hydrogens (tertiary/aromatic N) is 1. The summed E-state index contributed by atoms with van der Waals surface area (Å²) in [4.78, 5) is 12.9. The third-order valence-electron chi connectivity index (χ3n) is 2.55. The zero-order chi connectivity index (χ0) is 11.5. The number of carbonyl (C=O) groups is 1. The fourth-order valence-corrected chi connectivity index (χ4v) is 2.16. The molecule has 1 unspecified atom stereocenters. The number of carboxylic acids is 1. The molecule has 1 fully saturated rings. The summed E-state index contributed by atoms with van der Waals surface area (Å²) in [5.74, 6) is -0.848. The Morgan fingerprint density at radius 2 is 2.38 bits per heavy atom. The lowest BCUT2D eigenvalue weighted by molar-refractivity contribution is -0.141. The summed E-state index contributed by atoms with van der Waals surface area (Å²) >= 11 is 3.38. The van der Waals surface area contributed by atoms with Gasteiger partial charge in [0, 0.05) is 16.7 Å². The Bertz CT molecular complexity index is 397. The fourth-order valence-electron chi connectivity index (χ4n) is 1.77. The maximum absolute atomic E-state index is 11.1. The number of benzene rings is 1. The molecule has 0 spiro atoms. The zero-order valence-corrected chi connectivity index (χ0v) is 10.2. The average Bonchev–Trinajstić information content (AvgIpc) is 2.29. The number of ether oxygens (including phenoxy) is 1. The van der Waals surface area contributed by atoms with E-state index in [4.69, 9.17) is 9.84 Å². The Balaban J connectivity index is 2.26. The largest absolute Gasteiger partial charge is 0.480 e. The molecule has 1 aromatic rings. The number of halogens is 1. The summed E-state index contributed by atoms with van der Waals surface area (Å²) in [6, 6.07) is 7.05. The molecule has 1 aromatic carbocycles. The molecular weight excluding hydrogens is 274 g/mol. The molecule has 1 aliphatic heterocycles. The van der Waals surface area contributed by atoms with Gasteiger partial charge in [0.15, 0.2) is 6.04 Å². The lowest BCUT2D eigenvalue weighted by Crippen LogP contribution is -2.50. The van der Waals surface area contributed by atoms with Gasteiger partial charge in [-0.1, -0.05) is 22.0 Å². The highest BCUT2D eigenvalue weighted by molar-refractivity contribution is 9.10. The highest BCUT2D eigenvalue weighted by Crippen LogP contribution is 2.23. The topological polar surface area (TPSA) is 49.8 Å². The minimum atomic E-state index is -0.848. The van der Waals surface area contributed by atoms with Gasteiger partial charge in [-0.25, -0.2) is 4.79 Å². The van der Waals surface area contributed by atoms with E-state index in [9.17, 15) is 4.79 Å². The average molecular weight is 286 g/mol. The van der Waals surface area contributed by atoms with Gasteiger partial charge in [0.1, 0.15) is 0 Å². The summed E-state index contributed by atoms with van der Waals surface area (Å²) < 4.78 is 6.14. The minimum absolute atomic E-state index is 0.238. The molecule has 0 aliphatic carbocycles. The van der Waals surface area contributed by atoms with Gasteiger partial charge in [0.25, 0.3) is 0 Å². The molecule has 1 atom stereocenters. The van der Waals surface area contributed by atoms with E-state index < -0.39 is 12.0 Å². The van der Waals surface area contributed by atoms with Crippen LogP contribution in [-0.4, -0.2) is 36.9 Å². The molecule has 0 aromatic heterocycles. The second kappa shape index (κ2) is 4.84. The predicted molar refractivity (Wildman–Crippen MR) is 63.7 cm³/mol. The van der Waals surface area contributed by atoms with Crippen molar-refractivity contribution in [2.24, 2.45) is 0 Å². The highest BCUT2D eigenvalue weighted by atomic mass is 79.9. The van der Waals surface area contributed by atoms with Crippen molar-refractivity contribution in [2.75, 3.05) is 24.7 Å². The molecule has 0 saturated carbocycles. The second-order valence-corrected chi connectivity index (χ2v) is 4.52. The van der Waals surface area contributed by atoms with Crippen LogP contribution in [0.2, 0.25) is 0 Å². The van der Waals surface area contributed by atoms with Crippen LogP contribution in [0, 0.1) is 0 Å². The van der Waals surface area contributed by atoms with Crippen molar-refractivity contribution in [2.45, 2.75) is 6.04 Å². The van der Waals surface area contributed by atoms with E-state index in [2.05, 4.69) is 15.9 Å². The smallest absolute Gasteiger partial charge is 0.328 e. The van der Waals surface area contributed by atoms with Crippen molar-refractivity contribution in [3.63, 3.8) is 0 Å². The normalized spacial score (nSPS) is 20.8. The lowest BCUT2D eigenvalue weighted by Gasteiger charge is -2.34. The molecule has 1 saturated heterocycles. The quantitative estimate of drug-likeness (QED) is 0.899. The summed E-state index contributed by atoms with van der Waals surface area (Å²) in [6.07, 6.45) is 0. The summed E-state index contributed by atoms with van der Waals surface area (Å²) in [5.41, 5.74) is 0.907. The zero-order valence-electron chi connectivity index (χ0n) is 8.60. The first-order valence-corrected chi connectivity index (χ1v) is 5.80. The molecule has 0 amide bonds. The standard InChI is InChI=1S/C11H12BrNO3/c12-8-2-1-3-9(6-8)13-4-5-16-7-10(13)11(14)15/h1-3,6,10H,4-5,7H2,(H,14,15). The van der Waals surface area contributed by atoms with Crippen LogP contribution >= 0.6 is 15.9 Å². The van der Waals surface area contributed by atoms with Crippen LogP contribution in [0.25, 0.3) is 0 Å². The minimum Gasteiger partial charge on any atom is -0.480 e. The van der Waals surface area contributed by atoms with E-state index in [1.807, 2.05) is 29.2 Å². The Kier molecular flexibility index (Phi) is 3.46. The van der Waals surface area contributed by atoms with Gasteiger partial charge in [-0.3, -0.25) is 0 Å². The van der Waals surface area contributed by atoms with Gasteiger partial charge < -0.3 is 14.7 Å². The first-order chi connectivity index (χ1) is 7.68. The predicted octanol–water partition coefficient (Wildman–Crippen LogP) is 1.74. The number of morpholine rings is 1. The first kappa shape index (κ1) is 11.4. The van der Waals surface area contributed by atoms with Gasteiger partial charge in [-0.15, -0.1) is 0 Å². The van der Waals surface area contributed by atoms with E-state index in [0.29, 0.717) is 13.2 Å². The Labute approximate surface area is 102 Å². The number of anilines is 1. The van der Waals surface area contributed by atoms with E-state index in [1.165, 1.54) is 0 Å². The van der Waals surface area contributed by atoms with E-state index in [1.54, 1.807) is 0 Å². The summed E-state index contributed by atoms with van der Waals surface area (Å²) in [7, 11) is 0. The van der Waals surface area contributed by atoms with Crippen LogP contribution in [0.3, 0.4) is 0 Å². The molecule has 1 N–H and O–H groups in total. The molecule has 16 heavy (non-hydrogen) atoms. The number of aliphatic carboxylic acids is 1. The summed E-state index contributed by atoms with van der Waals surface area (Å²) in [5, 5.41) is 9.11. The van der Waals surface area contributed by atoms with Crippen molar-refractivity contribution in [3.05, 3.63) is 28.7 Å². The number of hydrogen-bond donors (Lipinski definition) is 1. The van der Waals surface area contributed by atoms with Crippen LogP contribution in [0.1, 0.15) is 0 Å². The van der Waals surface area contributed by atoms with Crippen molar-refractivity contribution in [1.29, 1.82) is 0 Å². The van der Waals surface area contributed by atoms with E-state index in [-0.39, 0.29) is 6.61 Å². The lowest BCUT2D eigenvalue weighted by atomic mass is 10.2. The third kappa shape index (κ3) is 2.36. The van der Waals surface area contributed by atoms with E-state index in [0.717, 1.165) is 10.2 Å². The van der Waals surface area contributed by atoms with Crippen molar-refractivity contribution < 1.29 is 14.6 Å². The van der Waals surface area contributed by atoms with Gasteiger partial charge in [0.05, 0.1) is 13.2 Å².